The van der Waals surface area contributed by atoms with Crippen LogP contribution >= 0.6 is 23.4 Å². The molecule has 6 heteroatoms. The number of nitrogens with one attached hydrogen (secondary N) is 1. The van der Waals surface area contributed by atoms with E-state index in [2.05, 4.69) is 10.3 Å². The molecule has 3 N–H and O–H groups in total. The van der Waals surface area contributed by atoms with Gasteiger partial charge < -0.3 is 11.1 Å². The lowest BCUT2D eigenvalue weighted by Crippen LogP contribution is -2.34. The Morgan fingerprint density at radius 1 is 1.69 bits per heavy atom. The summed E-state index contributed by atoms with van der Waals surface area (Å²) in [4.78, 5) is 15.7. The number of pyridine rings is 1. The molecule has 0 spiro atoms. The number of hydrogen-bond donors (Lipinski definition) is 2. The molecule has 1 aromatic rings. The minimum absolute atomic E-state index is 0.192. The van der Waals surface area contributed by atoms with Crippen LogP contribution in [0.2, 0.25) is 5.15 Å². The standard InChI is InChI=1S/C10H12ClN3OS/c11-9-8(3-6(12)4-13-9)10(15)14-7-1-2-16-5-7/h3-4,7H,1-2,5,12H2,(H,14,15). The van der Waals surface area contributed by atoms with Crippen LogP contribution in [0, 0.1) is 0 Å². The van der Waals surface area contributed by atoms with Crippen molar-refractivity contribution < 1.29 is 4.79 Å². The highest BCUT2D eigenvalue weighted by Crippen LogP contribution is 2.19. The predicted octanol–water partition coefficient (Wildman–Crippen LogP) is 1.55. The summed E-state index contributed by atoms with van der Waals surface area (Å²) in [7, 11) is 0. The molecular formula is C10H12ClN3OS. The molecule has 0 radical (unpaired) electrons. The number of halogens is 1. The molecule has 2 rings (SSSR count). The summed E-state index contributed by atoms with van der Waals surface area (Å²) in [5.41, 5.74) is 6.35. The number of aromatic nitrogens is 1. The number of thioether (sulfide) groups is 1. The third-order valence-electron chi connectivity index (χ3n) is 2.37. The molecule has 0 bridgehead atoms. The zero-order valence-corrected chi connectivity index (χ0v) is 10.1. The van der Waals surface area contributed by atoms with Gasteiger partial charge in [-0.25, -0.2) is 4.98 Å². The van der Waals surface area contributed by atoms with E-state index in [1.807, 2.05) is 11.8 Å². The van der Waals surface area contributed by atoms with Crippen LogP contribution in [0.3, 0.4) is 0 Å². The first-order valence-corrected chi connectivity index (χ1v) is 6.49. The van der Waals surface area contributed by atoms with Crippen molar-refractivity contribution in [2.45, 2.75) is 12.5 Å². The zero-order chi connectivity index (χ0) is 11.5. The second-order valence-electron chi connectivity index (χ2n) is 3.64. The van der Waals surface area contributed by atoms with Gasteiger partial charge in [0.2, 0.25) is 0 Å². The zero-order valence-electron chi connectivity index (χ0n) is 8.57. The Hall–Kier alpha value is -0.940. The number of hydrogen-bond acceptors (Lipinski definition) is 4. The number of amides is 1. The van der Waals surface area contributed by atoms with Gasteiger partial charge in [-0.1, -0.05) is 11.6 Å². The van der Waals surface area contributed by atoms with Gasteiger partial charge in [0.1, 0.15) is 5.15 Å². The first kappa shape index (κ1) is 11.5. The number of nitrogen functional groups attached to an aromatic ring is 1. The van der Waals surface area contributed by atoms with Crippen molar-refractivity contribution in [1.82, 2.24) is 10.3 Å². The van der Waals surface area contributed by atoms with Gasteiger partial charge in [0.05, 0.1) is 17.4 Å². The van der Waals surface area contributed by atoms with Crippen LogP contribution in [0.15, 0.2) is 12.3 Å². The van der Waals surface area contributed by atoms with Crippen LogP contribution in [-0.2, 0) is 0 Å². The number of carbonyl (C=O) groups excluding carboxylic acids is 1. The smallest absolute Gasteiger partial charge is 0.254 e. The van der Waals surface area contributed by atoms with E-state index in [9.17, 15) is 4.79 Å². The quantitative estimate of drug-likeness (QED) is 0.789. The fourth-order valence-corrected chi connectivity index (χ4v) is 2.88. The van der Waals surface area contributed by atoms with Gasteiger partial charge in [-0.15, -0.1) is 0 Å². The molecule has 1 fully saturated rings. The number of nitrogens with two attached hydrogens (primary N) is 1. The maximum Gasteiger partial charge on any atom is 0.254 e. The van der Waals surface area contributed by atoms with Crippen molar-refractivity contribution >= 4 is 35.0 Å². The molecule has 1 aliphatic rings. The van der Waals surface area contributed by atoms with Crippen LogP contribution in [0.4, 0.5) is 5.69 Å². The van der Waals surface area contributed by atoms with Gasteiger partial charge in [0, 0.05) is 11.8 Å². The van der Waals surface area contributed by atoms with E-state index in [1.165, 1.54) is 6.20 Å². The molecule has 1 aromatic heterocycles. The predicted molar refractivity (Wildman–Crippen MR) is 66.9 cm³/mol. The number of anilines is 1. The van der Waals surface area contributed by atoms with Gasteiger partial charge in [-0.3, -0.25) is 4.79 Å². The first-order chi connectivity index (χ1) is 7.66. The van der Waals surface area contributed by atoms with Crippen LogP contribution in [-0.4, -0.2) is 28.4 Å². The average Bonchev–Trinajstić information content (AvgIpc) is 2.74. The molecule has 1 atom stereocenters. The van der Waals surface area contributed by atoms with Crippen molar-refractivity contribution in [3.8, 4) is 0 Å². The van der Waals surface area contributed by atoms with Crippen molar-refractivity contribution in [2.24, 2.45) is 0 Å². The van der Waals surface area contributed by atoms with E-state index in [4.69, 9.17) is 17.3 Å². The number of carbonyl (C=O) groups is 1. The summed E-state index contributed by atoms with van der Waals surface area (Å²) >= 11 is 7.68. The average molecular weight is 258 g/mol. The van der Waals surface area contributed by atoms with Crippen molar-refractivity contribution in [1.29, 1.82) is 0 Å². The SMILES string of the molecule is Nc1cnc(Cl)c(C(=O)NC2CCSC2)c1. The van der Waals surface area contributed by atoms with Crippen LogP contribution in [0.1, 0.15) is 16.8 Å². The summed E-state index contributed by atoms with van der Waals surface area (Å²) in [6, 6.07) is 1.78. The van der Waals surface area contributed by atoms with Gasteiger partial charge in [-0.2, -0.15) is 11.8 Å². The van der Waals surface area contributed by atoms with E-state index in [1.54, 1.807) is 6.07 Å². The summed E-state index contributed by atoms with van der Waals surface area (Å²) in [5.74, 6) is 1.85. The van der Waals surface area contributed by atoms with Crippen LogP contribution < -0.4 is 11.1 Å². The topological polar surface area (TPSA) is 68.0 Å². The first-order valence-electron chi connectivity index (χ1n) is 4.96. The molecule has 1 unspecified atom stereocenters. The monoisotopic (exact) mass is 257 g/mol. The Kier molecular flexibility index (Phi) is 3.56. The summed E-state index contributed by atoms with van der Waals surface area (Å²) in [5, 5.41) is 3.12. The minimum Gasteiger partial charge on any atom is -0.397 e. The summed E-state index contributed by atoms with van der Waals surface area (Å²) in [6.45, 7) is 0. The third-order valence-corrected chi connectivity index (χ3v) is 3.83. The lowest BCUT2D eigenvalue weighted by atomic mass is 10.2. The summed E-state index contributed by atoms with van der Waals surface area (Å²) in [6.07, 6.45) is 2.44. The fraction of sp³-hybridized carbons (Fsp3) is 0.400. The summed E-state index contributed by atoms with van der Waals surface area (Å²) < 4.78 is 0. The molecule has 86 valence electrons. The lowest BCUT2D eigenvalue weighted by Gasteiger charge is -2.11. The highest BCUT2D eigenvalue weighted by molar-refractivity contribution is 7.99. The van der Waals surface area contributed by atoms with E-state index in [0.717, 1.165) is 17.9 Å². The molecule has 2 heterocycles. The second-order valence-corrected chi connectivity index (χ2v) is 5.15. The highest BCUT2D eigenvalue weighted by Gasteiger charge is 2.20. The lowest BCUT2D eigenvalue weighted by molar-refractivity contribution is 0.0941. The fourth-order valence-electron chi connectivity index (χ4n) is 1.53. The van der Waals surface area contributed by atoms with Gasteiger partial charge >= 0.3 is 0 Å². The number of rotatable bonds is 2. The maximum atomic E-state index is 11.9. The third kappa shape index (κ3) is 2.59. The normalized spacial score (nSPS) is 19.7. The largest absolute Gasteiger partial charge is 0.397 e. The van der Waals surface area contributed by atoms with Crippen LogP contribution in [0.5, 0.6) is 0 Å². The van der Waals surface area contributed by atoms with Gasteiger partial charge in [0.25, 0.3) is 5.91 Å². The minimum atomic E-state index is -0.197. The Labute approximate surface area is 103 Å². The Balaban J connectivity index is 2.10. The molecular weight excluding hydrogens is 246 g/mol. The Morgan fingerprint density at radius 3 is 3.19 bits per heavy atom. The molecule has 0 aromatic carbocycles. The van der Waals surface area contributed by atoms with Crippen molar-refractivity contribution in [2.75, 3.05) is 17.2 Å². The molecule has 0 saturated carbocycles. The molecule has 4 nitrogen and oxygen atoms in total. The van der Waals surface area contributed by atoms with E-state index in [0.29, 0.717) is 11.3 Å². The van der Waals surface area contributed by atoms with E-state index < -0.39 is 0 Å². The van der Waals surface area contributed by atoms with E-state index >= 15 is 0 Å². The molecule has 1 amide bonds. The van der Waals surface area contributed by atoms with Crippen molar-refractivity contribution in [3.63, 3.8) is 0 Å². The van der Waals surface area contributed by atoms with E-state index in [-0.39, 0.29) is 17.1 Å². The second kappa shape index (κ2) is 4.93. The Bertz CT molecular complexity index is 407. The van der Waals surface area contributed by atoms with Crippen LogP contribution in [0.25, 0.3) is 0 Å². The molecule has 0 aliphatic carbocycles. The van der Waals surface area contributed by atoms with Gasteiger partial charge in [0.15, 0.2) is 0 Å². The molecule has 16 heavy (non-hydrogen) atoms. The highest BCUT2D eigenvalue weighted by atomic mass is 35.5. The maximum absolute atomic E-state index is 11.9. The molecule has 1 aliphatic heterocycles. The molecule has 1 saturated heterocycles. The number of nitrogens with zero attached hydrogens (tertiary/aromatic N) is 1. The van der Waals surface area contributed by atoms with Crippen molar-refractivity contribution in [3.05, 3.63) is 23.0 Å². The van der Waals surface area contributed by atoms with Gasteiger partial charge in [-0.05, 0) is 18.2 Å². The Morgan fingerprint density at radius 2 is 2.50 bits per heavy atom.